The highest BCUT2D eigenvalue weighted by Crippen LogP contribution is 2.27. The van der Waals surface area contributed by atoms with Gasteiger partial charge in [0.2, 0.25) is 0 Å². The van der Waals surface area contributed by atoms with Crippen LogP contribution in [0.15, 0.2) is 25.3 Å². The standard InChI is InChI=1S/C11H12N2O/c1-4-6(2)9-5-8-10(13-9)7(3)12-11(8)14/h4-5,7,13H,1-2H2,3H3,(H,12,14). The second-order valence-corrected chi connectivity index (χ2v) is 3.43. The fourth-order valence-corrected chi connectivity index (χ4v) is 1.63. The van der Waals surface area contributed by atoms with Gasteiger partial charge in [-0.25, -0.2) is 0 Å². The predicted molar refractivity (Wildman–Crippen MR) is 55.9 cm³/mol. The van der Waals surface area contributed by atoms with Gasteiger partial charge < -0.3 is 10.3 Å². The Morgan fingerprint density at radius 2 is 2.36 bits per heavy atom. The van der Waals surface area contributed by atoms with Gasteiger partial charge in [-0.3, -0.25) is 4.79 Å². The van der Waals surface area contributed by atoms with Crippen LogP contribution >= 0.6 is 0 Å². The van der Waals surface area contributed by atoms with Crippen molar-refractivity contribution in [2.24, 2.45) is 0 Å². The first-order valence-electron chi connectivity index (χ1n) is 4.49. The van der Waals surface area contributed by atoms with Gasteiger partial charge in [0.15, 0.2) is 0 Å². The number of allylic oxidation sites excluding steroid dienone is 2. The van der Waals surface area contributed by atoms with E-state index >= 15 is 0 Å². The number of hydrogen-bond donors (Lipinski definition) is 2. The minimum absolute atomic E-state index is 0.0214. The summed E-state index contributed by atoms with van der Waals surface area (Å²) in [5, 5.41) is 2.82. The third-order valence-corrected chi connectivity index (χ3v) is 2.47. The quantitative estimate of drug-likeness (QED) is 0.685. The van der Waals surface area contributed by atoms with Crippen LogP contribution in [0.5, 0.6) is 0 Å². The minimum Gasteiger partial charge on any atom is -0.356 e. The number of carbonyl (C=O) groups excluding carboxylic acids is 1. The fraction of sp³-hybridized carbons (Fsp3) is 0.182. The zero-order valence-electron chi connectivity index (χ0n) is 8.05. The topological polar surface area (TPSA) is 44.9 Å². The van der Waals surface area contributed by atoms with Crippen molar-refractivity contribution in [3.63, 3.8) is 0 Å². The molecule has 1 unspecified atom stereocenters. The van der Waals surface area contributed by atoms with Crippen LogP contribution in [-0.2, 0) is 0 Å². The van der Waals surface area contributed by atoms with Gasteiger partial charge in [0.05, 0.1) is 17.3 Å². The summed E-state index contributed by atoms with van der Waals surface area (Å²) in [4.78, 5) is 14.6. The molecule has 1 aromatic heterocycles. The molecule has 0 fully saturated rings. The van der Waals surface area contributed by atoms with Crippen LogP contribution in [0.4, 0.5) is 0 Å². The summed E-state index contributed by atoms with van der Waals surface area (Å²) in [7, 11) is 0. The van der Waals surface area contributed by atoms with Crippen LogP contribution in [0.1, 0.15) is 34.7 Å². The number of carbonyl (C=O) groups is 1. The molecule has 0 spiro atoms. The van der Waals surface area contributed by atoms with Crippen LogP contribution in [0.2, 0.25) is 0 Å². The Labute approximate surface area is 82.5 Å². The van der Waals surface area contributed by atoms with E-state index < -0.39 is 0 Å². The molecule has 0 radical (unpaired) electrons. The monoisotopic (exact) mass is 188 g/mol. The Bertz CT molecular complexity index is 428. The Kier molecular flexibility index (Phi) is 1.81. The molecule has 1 aliphatic rings. The molecule has 0 saturated carbocycles. The average molecular weight is 188 g/mol. The van der Waals surface area contributed by atoms with Gasteiger partial charge >= 0.3 is 0 Å². The molecule has 0 aliphatic carbocycles. The van der Waals surface area contributed by atoms with Gasteiger partial charge in [-0.05, 0) is 18.6 Å². The molecular formula is C11H12N2O. The molecule has 1 aliphatic heterocycles. The van der Waals surface area contributed by atoms with Gasteiger partial charge in [-0.2, -0.15) is 0 Å². The average Bonchev–Trinajstić information content (AvgIpc) is 2.69. The lowest BCUT2D eigenvalue weighted by Gasteiger charge is -2.02. The molecule has 1 amide bonds. The number of nitrogens with one attached hydrogen (secondary N) is 2. The highest BCUT2D eigenvalue weighted by atomic mass is 16.2. The second kappa shape index (κ2) is 2.87. The van der Waals surface area contributed by atoms with Gasteiger partial charge in [-0.1, -0.05) is 19.2 Å². The third-order valence-electron chi connectivity index (χ3n) is 2.47. The van der Waals surface area contributed by atoms with Gasteiger partial charge in [0.1, 0.15) is 0 Å². The SMILES string of the molecule is C=CC(=C)c1cc2c([nH]1)C(C)NC2=O. The summed E-state index contributed by atoms with van der Waals surface area (Å²) in [5.74, 6) is -0.0214. The van der Waals surface area contributed by atoms with Crippen molar-refractivity contribution in [3.05, 3.63) is 42.3 Å². The molecule has 0 bridgehead atoms. The summed E-state index contributed by atoms with van der Waals surface area (Å²) in [6, 6.07) is 1.88. The fourth-order valence-electron chi connectivity index (χ4n) is 1.63. The second-order valence-electron chi connectivity index (χ2n) is 3.43. The molecule has 72 valence electrons. The molecule has 1 atom stereocenters. The lowest BCUT2D eigenvalue weighted by molar-refractivity contribution is 0.0958. The maximum absolute atomic E-state index is 11.4. The number of hydrogen-bond acceptors (Lipinski definition) is 1. The number of amides is 1. The molecule has 3 nitrogen and oxygen atoms in total. The first-order chi connectivity index (χ1) is 6.63. The van der Waals surface area contributed by atoms with Gasteiger partial charge in [0, 0.05) is 5.69 Å². The highest BCUT2D eigenvalue weighted by Gasteiger charge is 2.27. The van der Waals surface area contributed by atoms with E-state index in [4.69, 9.17) is 0 Å². The number of aromatic amines is 1. The molecule has 2 N–H and O–H groups in total. The molecule has 0 aromatic carbocycles. The van der Waals surface area contributed by atoms with Crippen LogP contribution in [-0.4, -0.2) is 10.9 Å². The first-order valence-corrected chi connectivity index (χ1v) is 4.49. The van der Waals surface area contributed by atoms with Crippen LogP contribution in [0.3, 0.4) is 0 Å². The number of H-pyrrole nitrogens is 1. The van der Waals surface area contributed by atoms with Crippen molar-refractivity contribution < 1.29 is 4.79 Å². The van der Waals surface area contributed by atoms with E-state index in [-0.39, 0.29) is 11.9 Å². The zero-order valence-corrected chi connectivity index (χ0v) is 8.05. The van der Waals surface area contributed by atoms with E-state index in [2.05, 4.69) is 23.5 Å². The largest absolute Gasteiger partial charge is 0.356 e. The summed E-state index contributed by atoms with van der Waals surface area (Å²) >= 11 is 0. The predicted octanol–water partition coefficient (Wildman–Crippen LogP) is 2.02. The maximum atomic E-state index is 11.4. The summed E-state index contributed by atoms with van der Waals surface area (Å²) in [5.41, 5.74) is 3.33. The first kappa shape index (κ1) is 8.81. The lowest BCUT2D eigenvalue weighted by Crippen LogP contribution is -2.17. The smallest absolute Gasteiger partial charge is 0.253 e. The molecule has 2 rings (SSSR count). The summed E-state index contributed by atoms with van der Waals surface area (Å²) < 4.78 is 0. The Balaban J connectivity index is 2.48. The van der Waals surface area contributed by atoms with E-state index in [9.17, 15) is 4.79 Å². The zero-order chi connectivity index (χ0) is 10.3. The van der Waals surface area contributed by atoms with Crippen molar-refractivity contribution >= 4 is 11.5 Å². The van der Waals surface area contributed by atoms with Gasteiger partial charge in [-0.15, -0.1) is 0 Å². The molecule has 2 heterocycles. The van der Waals surface area contributed by atoms with E-state index in [1.807, 2.05) is 13.0 Å². The van der Waals surface area contributed by atoms with Crippen molar-refractivity contribution in [2.45, 2.75) is 13.0 Å². The van der Waals surface area contributed by atoms with Crippen LogP contribution < -0.4 is 5.32 Å². The molecule has 14 heavy (non-hydrogen) atoms. The van der Waals surface area contributed by atoms with Crippen molar-refractivity contribution in [3.8, 4) is 0 Å². The van der Waals surface area contributed by atoms with E-state index in [0.717, 1.165) is 22.5 Å². The van der Waals surface area contributed by atoms with E-state index in [1.54, 1.807) is 6.08 Å². The van der Waals surface area contributed by atoms with E-state index in [0.29, 0.717) is 0 Å². The normalized spacial score (nSPS) is 18.9. The maximum Gasteiger partial charge on any atom is 0.253 e. The molecule has 3 heteroatoms. The van der Waals surface area contributed by atoms with Crippen molar-refractivity contribution in [2.75, 3.05) is 0 Å². The summed E-state index contributed by atoms with van der Waals surface area (Å²) in [6.45, 7) is 9.41. The Hall–Kier alpha value is -1.77. The van der Waals surface area contributed by atoms with E-state index in [1.165, 1.54) is 0 Å². The number of fused-ring (bicyclic) bond motifs is 1. The van der Waals surface area contributed by atoms with Crippen LogP contribution in [0, 0.1) is 0 Å². The Morgan fingerprint density at radius 1 is 1.64 bits per heavy atom. The minimum atomic E-state index is -0.0214. The molecular weight excluding hydrogens is 176 g/mol. The highest BCUT2D eigenvalue weighted by molar-refractivity contribution is 5.99. The van der Waals surface area contributed by atoms with Crippen LogP contribution in [0.25, 0.3) is 5.57 Å². The lowest BCUT2D eigenvalue weighted by atomic mass is 10.2. The summed E-state index contributed by atoms with van der Waals surface area (Å²) in [6.07, 6.45) is 1.67. The Morgan fingerprint density at radius 3 is 2.93 bits per heavy atom. The molecule has 1 aromatic rings. The third kappa shape index (κ3) is 1.09. The van der Waals surface area contributed by atoms with Crippen molar-refractivity contribution in [1.82, 2.24) is 10.3 Å². The van der Waals surface area contributed by atoms with Gasteiger partial charge in [0.25, 0.3) is 5.91 Å². The number of aromatic nitrogens is 1. The number of rotatable bonds is 2. The van der Waals surface area contributed by atoms with Crippen molar-refractivity contribution in [1.29, 1.82) is 0 Å². The molecule has 0 saturated heterocycles.